The first-order chi connectivity index (χ1) is 9.73. The highest BCUT2D eigenvalue weighted by atomic mass is 35.5. The van der Waals surface area contributed by atoms with Gasteiger partial charge >= 0.3 is 0 Å². The van der Waals surface area contributed by atoms with E-state index in [1.165, 1.54) is 29.6 Å². The summed E-state index contributed by atoms with van der Waals surface area (Å²) in [6.45, 7) is 2.44. The van der Waals surface area contributed by atoms with Crippen molar-refractivity contribution in [2.45, 2.75) is 19.5 Å². The van der Waals surface area contributed by atoms with Crippen molar-refractivity contribution in [2.24, 2.45) is 11.7 Å². The molecule has 1 aromatic rings. The zero-order chi connectivity index (χ0) is 15.8. The lowest BCUT2D eigenvalue weighted by molar-refractivity contribution is 0.382. The van der Waals surface area contributed by atoms with E-state index in [0.717, 1.165) is 4.31 Å². The second kappa shape index (κ2) is 7.42. The van der Waals surface area contributed by atoms with E-state index in [1.54, 1.807) is 0 Å². The first-order valence-corrected chi connectivity index (χ1v) is 8.41. The van der Waals surface area contributed by atoms with Crippen LogP contribution in [0.15, 0.2) is 18.2 Å². The van der Waals surface area contributed by atoms with Crippen molar-refractivity contribution in [1.82, 2.24) is 8.61 Å². The van der Waals surface area contributed by atoms with Crippen LogP contribution in [0.25, 0.3) is 0 Å². The van der Waals surface area contributed by atoms with E-state index >= 15 is 0 Å². The van der Waals surface area contributed by atoms with Gasteiger partial charge in [0.05, 0.1) is 0 Å². The van der Waals surface area contributed by atoms with Crippen molar-refractivity contribution < 1.29 is 12.8 Å². The normalized spacial score (nSPS) is 22.8. The molecule has 0 amide bonds. The summed E-state index contributed by atoms with van der Waals surface area (Å²) in [6, 6.07) is 4.10. The van der Waals surface area contributed by atoms with E-state index < -0.39 is 16.0 Å². The Hall–Kier alpha value is -0.440. The van der Waals surface area contributed by atoms with Gasteiger partial charge in [-0.1, -0.05) is 24.6 Å². The van der Waals surface area contributed by atoms with Crippen LogP contribution in [0.2, 0.25) is 5.02 Å². The molecule has 1 saturated heterocycles. The first kappa shape index (κ1) is 19.6. The second-order valence-corrected chi connectivity index (χ2v) is 7.86. The van der Waals surface area contributed by atoms with Gasteiger partial charge in [0.25, 0.3) is 10.2 Å². The number of hydrogen-bond donors (Lipinski definition) is 1. The maximum absolute atomic E-state index is 13.8. The molecule has 1 aliphatic heterocycles. The molecule has 1 heterocycles. The van der Waals surface area contributed by atoms with Crippen molar-refractivity contribution in [1.29, 1.82) is 0 Å². The number of halogens is 3. The fraction of sp³-hybridized carbons (Fsp3) is 0.538. The number of nitrogens with two attached hydrogens (primary N) is 1. The van der Waals surface area contributed by atoms with Gasteiger partial charge in [-0.15, -0.1) is 12.4 Å². The van der Waals surface area contributed by atoms with E-state index in [0.29, 0.717) is 6.54 Å². The van der Waals surface area contributed by atoms with Crippen LogP contribution < -0.4 is 5.73 Å². The fourth-order valence-corrected chi connectivity index (χ4v) is 4.01. The molecule has 1 fully saturated rings. The second-order valence-electron chi connectivity index (χ2n) is 5.42. The largest absolute Gasteiger partial charge is 0.326 e. The van der Waals surface area contributed by atoms with Gasteiger partial charge in [0, 0.05) is 43.3 Å². The molecule has 0 radical (unpaired) electrons. The molecular formula is C13H20Cl2FN3O2S. The van der Waals surface area contributed by atoms with E-state index in [4.69, 9.17) is 17.3 Å². The Morgan fingerprint density at radius 1 is 1.45 bits per heavy atom. The third-order valence-electron chi connectivity index (χ3n) is 3.80. The van der Waals surface area contributed by atoms with Crippen molar-refractivity contribution in [3.8, 4) is 0 Å². The Morgan fingerprint density at radius 3 is 2.59 bits per heavy atom. The first-order valence-electron chi connectivity index (χ1n) is 6.63. The molecule has 2 N–H and O–H groups in total. The Kier molecular flexibility index (Phi) is 6.61. The minimum absolute atomic E-state index is 0. The number of rotatable bonds is 4. The number of hydrogen-bond acceptors (Lipinski definition) is 3. The molecule has 2 rings (SSSR count). The minimum Gasteiger partial charge on any atom is -0.326 e. The number of nitrogens with zero attached hydrogens (tertiary/aromatic N) is 2. The predicted molar refractivity (Wildman–Crippen MR) is 87.8 cm³/mol. The van der Waals surface area contributed by atoms with Crippen LogP contribution in [0.5, 0.6) is 0 Å². The summed E-state index contributed by atoms with van der Waals surface area (Å²) in [5.74, 6) is -0.415. The van der Waals surface area contributed by atoms with E-state index in [2.05, 4.69) is 0 Å². The summed E-state index contributed by atoms with van der Waals surface area (Å²) in [5.41, 5.74) is 6.03. The van der Waals surface area contributed by atoms with Crippen molar-refractivity contribution in [3.05, 3.63) is 34.6 Å². The van der Waals surface area contributed by atoms with Crippen LogP contribution in [-0.4, -0.2) is 43.2 Å². The maximum Gasteiger partial charge on any atom is 0.282 e. The molecule has 0 saturated carbocycles. The van der Waals surface area contributed by atoms with Gasteiger partial charge in [-0.2, -0.15) is 17.0 Å². The van der Waals surface area contributed by atoms with E-state index in [-0.39, 0.29) is 48.0 Å². The molecule has 5 nitrogen and oxygen atoms in total. The number of benzene rings is 1. The summed E-state index contributed by atoms with van der Waals surface area (Å²) in [6.07, 6.45) is 0. The molecule has 1 aromatic carbocycles. The molecule has 2 unspecified atom stereocenters. The van der Waals surface area contributed by atoms with Crippen LogP contribution in [0.1, 0.15) is 12.5 Å². The third kappa shape index (κ3) is 3.90. The summed E-state index contributed by atoms with van der Waals surface area (Å²) in [4.78, 5) is 0. The highest BCUT2D eigenvalue weighted by molar-refractivity contribution is 7.86. The lowest BCUT2D eigenvalue weighted by Gasteiger charge is -2.24. The highest BCUT2D eigenvalue weighted by Crippen LogP contribution is 2.24. The summed E-state index contributed by atoms with van der Waals surface area (Å²) < 4.78 is 41.2. The smallest absolute Gasteiger partial charge is 0.282 e. The molecule has 0 spiro atoms. The van der Waals surface area contributed by atoms with Crippen LogP contribution in [-0.2, 0) is 16.8 Å². The Morgan fingerprint density at radius 2 is 2.09 bits per heavy atom. The zero-order valence-corrected chi connectivity index (χ0v) is 14.8. The van der Waals surface area contributed by atoms with Gasteiger partial charge in [0.15, 0.2) is 0 Å². The summed E-state index contributed by atoms with van der Waals surface area (Å²) in [7, 11) is -2.27. The highest BCUT2D eigenvalue weighted by Gasteiger charge is 2.36. The van der Waals surface area contributed by atoms with Gasteiger partial charge < -0.3 is 5.73 Å². The Bertz CT molecular complexity index is 599. The van der Waals surface area contributed by atoms with Gasteiger partial charge in [-0.25, -0.2) is 4.39 Å². The van der Waals surface area contributed by atoms with Crippen LogP contribution in [0, 0.1) is 11.7 Å². The van der Waals surface area contributed by atoms with Gasteiger partial charge in [0.2, 0.25) is 0 Å². The molecule has 1 aliphatic rings. The molecule has 126 valence electrons. The van der Waals surface area contributed by atoms with Gasteiger partial charge in [0.1, 0.15) is 5.82 Å². The SMILES string of the molecule is CC1CN(S(=O)(=O)N(C)Cc2c(F)cccc2Cl)CC1N.Cl. The van der Waals surface area contributed by atoms with E-state index in [9.17, 15) is 12.8 Å². The Labute approximate surface area is 141 Å². The summed E-state index contributed by atoms with van der Waals surface area (Å²) >= 11 is 5.93. The van der Waals surface area contributed by atoms with Crippen LogP contribution in [0.4, 0.5) is 4.39 Å². The molecule has 9 heteroatoms. The predicted octanol–water partition coefficient (Wildman–Crippen LogP) is 1.86. The molecule has 22 heavy (non-hydrogen) atoms. The monoisotopic (exact) mass is 371 g/mol. The Balaban J connectivity index is 0.00000242. The molecule has 0 aromatic heterocycles. The van der Waals surface area contributed by atoms with Crippen molar-refractivity contribution in [2.75, 3.05) is 20.1 Å². The summed E-state index contributed by atoms with van der Waals surface area (Å²) in [5, 5.41) is 0.212. The average Bonchev–Trinajstić information content (AvgIpc) is 2.74. The standard InChI is InChI=1S/C13H19ClFN3O2S.ClH/c1-9-6-18(8-13(9)16)21(19,20)17(2)7-10-11(14)4-3-5-12(10)15;/h3-5,9,13H,6-8,16H2,1-2H3;1H. The lowest BCUT2D eigenvalue weighted by atomic mass is 10.1. The average molecular weight is 372 g/mol. The molecule has 0 bridgehead atoms. The fourth-order valence-electron chi connectivity index (χ4n) is 2.32. The molecule has 0 aliphatic carbocycles. The van der Waals surface area contributed by atoms with Crippen LogP contribution in [0.3, 0.4) is 0 Å². The quantitative estimate of drug-likeness (QED) is 0.877. The zero-order valence-electron chi connectivity index (χ0n) is 12.4. The van der Waals surface area contributed by atoms with E-state index in [1.807, 2.05) is 6.92 Å². The van der Waals surface area contributed by atoms with Crippen LogP contribution >= 0.6 is 24.0 Å². The van der Waals surface area contributed by atoms with Gasteiger partial charge in [-0.3, -0.25) is 0 Å². The molecule has 2 atom stereocenters. The van der Waals surface area contributed by atoms with Crippen molar-refractivity contribution >= 4 is 34.2 Å². The minimum atomic E-state index is -3.67. The maximum atomic E-state index is 13.8. The lowest BCUT2D eigenvalue weighted by Crippen LogP contribution is -2.41. The van der Waals surface area contributed by atoms with Gasteiger partial charge in [-0.05, 0) is 18.1 Å². The third-order valence-corrected chi connectivity index (χ3v) is 6.02. The van der Waals surface area contributed by atoms with Crippen molar-refractivity contribution in [3.63, 3.8) is 0 Å². The molecular weight excluding hydrogens is 352 g/mol. The topological polar surface area (TPSA) is 66.6 Å².